The number of carbonyl (C=O) groups excluding carboxylic acids is 2. The van der Waals surface area contributed by atoms with Crippen LogP contribution in [0.1, 0.15) is 31.2 Å². The van der Waals surface area contributed by atoms with Crippen molar-refractivity contribution in [2.24, 2.45) is 11.8 Å². The van der Waals surface area contributed by atoms with Crippen LogP contribution in [0.4, 0.5) is 5.69 Å². The maximum Gasteiger partial charge on any atom is 0.306 e. The molecule has 2 fully saturated rings. The molecule has 1 unspecified atom stereocenters. The summed E-state index contributed by atoms with van der Waals surface area (Å²) in [4.78, 5) is 37.3. The van der Waals surface area contributed by atoms with E-state index in [0.29, 0.717) is 25.8 Å². The Morgan fingerprint density at radius 1 is 1.17 bits per heavy atom. The lowest BCUT2D eigenvalue weighted by molar-refractivity contribution is -0.141. The van der Waals surface area contributed by atoms with E-state index in [-0.39, 0.29) is 36.1 Å². The second-order valence-corrected chi connectivity index (χ2v) is 6.79. The third-order valence-corrected chi connectivity index (χ3v) is 4.97. The lowest BCUT2D eigenvalue weighted by Crippen LogP contribution is -2.39. The highest BCUT2D eigenvalue weighted by Crippen LogP contribution is 2.28. The number of rotatable bonds is 4. The molecule has 0 radical (unpaired) electrons. The second-order valence-electron chi connectivity index (χ2n) is 6.79. The Labute approximate surface area is 140 Å². The second kappa shape index (κ2) is 6.63. The summed E-state index contributed by atoms with van der Waals surface area (Å²) < 4.78 is 0. The van der Waals surface area contributed by atoms with Gasteiger partial charge < -0.3 is 15.3 Å². The van der Waals surface area contributed by atoms with E-state index < -0.39 is 5.97 Å². The SMILES string of the molecule is Cc1ccc(N2CC(C(=O)N[C@H]3CC[C@@H](C(=O)O)C3)CC2=O)cc1. The molecule has 2 aliphatic rings. The number of hydrogen-bond donors (Lipinski definition) is 2. The van der Waals surface area contributed by atoms with Crippen molar-refractivity contribution in [3.8, 4) is 0 Å². The molecule has 1 aliphatic heterocycles. The van der Waals surface area contributed by atoms with Crippen molar-refractivity contribution in [1.29, 1.82) is 0 Å². The van der Waals surface area contributed by atoms with Crippen LogP contribution in [0.2, 0.25) is 0 Å². The summed E-state index contributed by atoms with van der Waals surface area (Å²) in [7, 11) is 0. The lowest BCUT2D eigenvalue weighted by atomic mass is 10.1. The molecule has 3 rings (SSSR count). The highest BCUT2D eigenvalue weighted by molar-refractivity contribution is 6.00. The number of hydrogen-bond acceptors (Lipinski definition) is 3. The summed E-state index contributed by atoms with van der Waals surface area (Å²) in [6, 6.07) is 7.58. The van der Waals surface area contributed by atoms with Crippen LogP contribution in [0.15, 0.2) is 24.3 Å². The molecule has 2 N–H and O–H groups in total. The highest BCUT2D eigenvalue weighted by Gasteiger charge is 2.37. The van der Waals surface area contributed by atoms with E-state index in [1.165, 1.54) is 0 Å². The Morgan fingerprint density at radius 2 is 1.88 bits per heavy atom. The van der Waals surface area contributed by atoms with Crippen LogP contribution in [-0.2, 0) is 14.4 Å². The maximum absolute atomic E-state index is 12.4. The normalized spacial score (nSPS) is 26.6. The first-order valence-electron chi connectivity index (χ1n) is 8.34. The monoisotopic (exact) mass is 330 g/mol. The number of benzene rings is 1. The molecule has 6 nitrogen and oxygen atoms in total. The topological polar surface area (TPSA) is 86.7 Å². The van der Waals surface area contributed by atoms with Gasteiger partial charge in [0.1, 0.15) is 0 Å². The first-order chi connectivity index (χ1) is 11.4. The summed E-state index contributed by atoms with van der Waals surface area (Å²) in [6.45, 7) is 2.36. The number of nitrogens with one attached hydrogen (secondary N) is 1. The number of nitrogens with zero attached hydrogens (tertiary/aromatic N) is 1. The van der Waals surface area contributed by atoms with E-state index in [9.17, 15) is 14.4 Å². The zero-order valence-corrected chi connectivity index (χ0v) is 13.7. The van der Waals surface area contributed by atoms with Gasteiger partial charge in [0.25, 0.3) is 0 Å². The van der Waals surface area contributed by atoms with Crippen molar-refractivity contribution in [2.75, 3.05) is 11.4 Å². The zero-order chi connectivity index (χ0) is 17.3. The Hall–Kier alpha value is -2.37. The first-order valence-corrected chi connectivity index (χ1v) is 8.34. The average molecular weight is 330 g/mol. The summed E-state index contributed by atoms with van der Waals surface area (Å²) in [5, 5.41) is 12.0. The number of aryl methyl sites for hydroxylation is 1. The molecule has 0 spiro atoms. The summed E-state index contributed by atoms with van der Waals surface area (Å²) >= 11 is 0. The average Bonchev–Trinajstić information content (AvgIpc) is 3.15. The van der Waals surface area contributed by atoms with Crippen LogP contribution in [0.3, 0.4) is 0 Å². The Balaban J connectivity index is 1.58. The molecule has 0 bridgehead atoms. The number of amides is 2. The van der Waals surface area contributed by atoms with Gasteiger partial charge in [-0.2, -0.15) is 0 Å². The predicted octanol–water partition coefficient (Wildman–Crippen LogP) is 1.72. The van der Waals surface area contributed by atoms with Gasteiger partial charge >= 0.3 is 5.97 Å². The molecule has 1 heterocycles. The zero-order valence-electron chi connectivity index (χ0n) is 13.7. The standard InChI is InChI=1S/C18H22N2O4/c1-11-2-6-15(7-3-11)20-10-13(9-16(20)21)17(22)19-14-5-4-12(8-14)18(23)24/h2-3,6-7,12-14H,4-5,8-10H2,1H3,(H,19,22)(H,23,24)/t12-,13?,14+/m1/s1. The molecule has 2 amide bonds. The minimum Gasteiger partial charge on any atom is -0.481 e. The number of carboxylic acid groups (broad SMARTS) is 1. The molecule has 1 saturated carbocycles. The molecular formula is C18H22N2O4. The van der Waals surface area contributed by atoms with Crippen molar-refractivity contribution >= 4 is 23.5 Å². The van der Waals surface area contributed by atoms with Gasteiger partial charge in [-0.1, -0.05) is 17.7 Å². The molecular weight excluding hydrogens is 308 g/mol. The number of carbonyl (C=O) groups is 3. The molecule has 24 heavy (non-hydrogen) atoms. The van der Waals surface area contributed by atoms with Gasteiger partial charge in [0.15, 0.2) is 0 Å². The van der Waals surface area contributed by atoms with Crippen molar-refractivity contribution in [1.82, 2.24) is 5.32 Å². The van der Waals surface area contributed by atoms with Crippen LogP contribution in [-0.4, -0.2) is 35.5 Å². The molecule has 1 saturated heterocycles. The Kier molecular flexibility index (Phi) is 4.55. The van der Waals surface area contributed by atoms with Crippen LogP contribution < -0.4 is 10.2 Å². The number of anilines is 1. The number of carboxylic acids is 1. The maximum atomic E-state index is 12.4. The van der Waals surface area contributed by atoms with Crippen molar-refractivity contribution in [3.63, 3.8) is 0 Å². The van der Waals surface area contributed by atoms with Crippen molar-refractivity contribution in [3.05, 3.63) is 29.8 Å². The van der Waals surface area contributed by atoms with E-state index in [1.807, 2.05) is 31.2 Å². The van der Waals surface area contributed by atoms with E-state index >= 15 is 0 Å². The third-order valence-electron chi connectivity index (χ3n) is 4.97. The third kappa shape index (κ3) is 3.42. The van der Waals surface area contributed by atoms with Crippen LogP contribution in [0.25, 0.3) is 0 Å². The molecule has 0 aromatic heterocycles. The van der Waals surface area contributed by atoms with Gasteiger partial charge in [0, 0.05) is 24.7 Å². The van der Waals surface area contributed by atoms with Crippen molar-refractivity contribution < 1.29 is 19.5 Å². The van der Waals surface area contributed by atoms with Gasteiger partial charge in [-0.15, -0.1) is 0 Å². The van der Waals surface area contributed by atoms with Gasteiger partial charge in [-0.25, -0.2) is 0 Å². The quantitative estimate of drug-likeness (QED) is 0.880. The van der Waals surface area contributed by atoms with E-state index in [4.69, 9.17) is 5.11 Å². The minimum absolute atomic E-state index is 0.0474. The fourth-order valence-corrected chi connectivity index (χ4v) is 3.51. The Morgan fingerprint density at radius 3 is 2.50 bits per heavy atom. The van der Waals surface area contributed by atoms with E-state index in [2.05, 4.69) is 5.32 Å². The molecule has 1 aromatic rings. The first kappa shape index (κ1) is 16.5. The predicted molar refractivity (Wildman–Crippen MR) is 88.5 cm³/mol. The number of aliphatic carboxylic acids is 1. The fraction of sp³-hybridized carbons (Fsp3) is 0.500. The van der Waals surface area contributed by atoms with Gasteiger partial charge in [0.05, 0.1) is 11.8 Å². The van der Waals surface area contributed by atoms with Gasteiger partial charge in [-0.05, 0) is 38.3 Å². The van der Waals surface area contributed by atoms with E-state index in [0.717, 1.165) is 11.3 Å². The fourth-order valence-electron chi connectivity index (χ4n) is 3.51. The molecule has 6 heteroatoms. The largest absolute Gasteiger partial charge is 0.481 e. The van der Waals surface area contributed by atoms with Gasteiger partial charge in [-0.3, -0.25) is 14.4 Å². The summed E-state index contributed by atoms with van der Waals surface area (Å²) in [5.74, 6) is -1.73. The molecule has 1 aliphatic carbocycles. The smallest absolute Gasteiger partial charge is 0.306 e. The lowest BCUT2D eigenvalue weighted by Gasteiger charge is -2.18. The summed E-state index contributed by atoms with van der Waals surface area (Å²) in [5.41, 5.74) is 1.93. The Bertz CT molecular complexity index is 655. The highest BCUT2D eigenvalue weighted by atomic mass is 16.4. The van der Waals surface area contributed by atoms with E-state index in [1.54, 1.807) is 4.90 Å². The van der Waals surface area contributed by atoms with Crippen LogP contribution in [0.5, 0.6) is 0 Å². The molecule has 1 aromatic carbocycles. The van der Waals surface area contributed by atoms with Crippen LogP contribution in [0, 0.1) is 18.8 Å². The summed E-state index contributed by atoms with van der Waals surface area (Å²) in [6.07, 6.45) is 1.96. The van der Waals surface area contributed by atoms with Crippen LogP contribution >= 0.6 is 0 Å². The van der Waals surface area contributed by atoms with Crippen molar-refractivity contribution in [2.45, 2.75) is 38.6 Å². The molecule has 128 valence electrons. The van der Waals surface area contributed by atoms with Gasteiger partial charge in [0.2, 0.25) is 11.8 Å². The minimum atomic E-state index is -0.798. The molecule has 3 atom stereocenters.